The van der Waals surface area contributed by atoms with Crippen molar-refractivity contribution in [2.45, 2.75) is 20.1 Å². The van der Waals surface area contributed by atoms with E-state index in [1.807, 2.05) is 48.5 Å². The molecule has 0 aliphatic heterocycles. The molecule has 1 aromatic heterocycles. The molecule has 0 amide bonds. The Morgan fingerprint density at radius 2 is 1.81 bits per heavy atom. The maximum absolute atomic E-state index is 6.56. The van der Waals surface area contributed by atoms with E-state index in [-0.39, 0.29) is 0 Å². The lowest BCUT2D eigenvalue weighted by Crippen LogP contribution is -2.16. The Morgan fingerprint density at radius 1 is 1.06 bits per heavy atom. The van der Waals surface area contributed by atoms with Crippen LogP contribution in [-0.2, 0) is 13.2 Å². The average molecular weight is 467 g/mol. The van der Waals surface area contributed by atoms with Crippen LogP contribution in [0.1, 0.15) is 16.7 Å². The average Bonchev–Trinajstić information content (AvgIpc) is 3.18. The molecule has 2 N–H and O–H groups in total. The summed E-state index contributed by atoms with van der Waals surface area (Å²) in [5.74, 6) is 1.89. The summed E-state index contributed by atoms with van der Waals surface area (Å²) < 4.78 is 13.7. The van der Waals surface area contributed by atoms with Crippen molar-refractivity contribution in [3.63, 3.8) is 0 Å². The van der Waals surface area contributed by atoms with Gasteiger partial charge in [-0.25, -0.2) is 9.77 Å². The van der Waals surface area contributed by atoms with Gasteiger partial charge in [0.1, 0.15) is 6.61 Å². The summed E-state index contributed by atoms with van der Waals surface area (Å²) in [6, 6.07) is 21.6. The van der Waals surface area contributed by atoms with Gasteiger partial charge < -0.3 is 14.9 Å². The van der Waals surface area contributed by atoms with Crippen molar-refractivity contribution >= 4 is 23.8 Å². The van der Waals surface area contributed by atoms with E-state index >= 15 is 0 Å². The fourth-order valence-electron chi connectivity index (χ4n) is 3.22. The van der Waals surface area contributed by atoms with Crippen LogP contribution in [0, 0.1) is 11.7 Å². The second-order valence-electron chi connectivity index (χ2n) is 7.26. The van der Waals surface area contributed by atoms with E-state index in [2.05, 4.69) is 34.7 Å². The quantitative estimate of drug-likeness (QED) is 0.316. The molecule has 0 spiro atoms. The van der Waals surface area contributed by atoms with E-state index in [9.17, 15) is 0 Å². The molecule has 1 heterocycles. The lowest BCUT2D eigenvalue weighted by molar-refractivity contribution is 0.284. The molecule has 0 saturated carbocycles. The van der Waals surface area contributed by atoms with E-state index in [0.29, 0.717) is 40.3 Å². The molecule has 32 heavy (non-hydrogen) atoms. The normalized spacial score (nSPS) is 10.7. The Balaban J connectivity index is 1.51. The van der Waals surface area contributed by atoms with E-state index in [0.717, 1.165) is 16.7 Å². The van der Waals surface area contributed by atoms with E-state index in [4.69, 9.17) is 33.3 Å². The number of aromatic amines is 1. The SMILES string of the molecule is COc1cc(CNn2c(-c3ccccc3)n[nH]c2=S)c(Cl)cc1OCc1ccc(C)cc1. The number of H-pyrrole nitrogens is 1. The fourth-order valence-corrected chi connectivity index (χ4v) is 3.64. The molecule has 8 heteroatoms. The minimum Gasteiger partial charge on any atom is -0.493 e. The van der Waals surface area contributed by atoms with Gasteiger partial charge in [-0.3, -0.25) is 0 Å². The Hall–Kier alpha value is -3.29. The van der Waals surface area contributed by atoms with Crippen LogP contribution < -0.4 is 14.9 Å². The molecule has 0 unspecified atom stereocenters. The first kappa shape index (κ1) is 21.9. The second-order valence-corrected chi connectivity index (χ2v) is 8.05. The minimum absolute atomic E-state index is 0.418. The topological polar surface area (TPSA) is 64.1 Å². The number of benzene rings is 3. The van der Waals surface area contributed by atoms with Crippen molar-refractivity contribution in [1.29, 1.82) is 0 Å². The van der Waals surface area contributed by atoms with Crippen molar-refractivity contribution in [2.75, 3.05) is 12.5 Å². The van der Waals surface area contributed by atoms with E-state index < -0.39 is 0 Å². The largest absolute Gasteiger partial charge is 0.493 e. The molecule has 4 aromatic rings. The predicted molar refractivity (Wildman–Crippen MR) is 129 cm³/mol. The molecule has 0 atom stereocenters. The first-order valence-corrected chi connectivity index (χ1v) is 10.8. The third-order valence-corrected chi connectivity index (χ3v) is 5.61. The molecule has 0 fully saturated rings. The molecular formula is C24H23ClN4O2S. The van der Waals surface area contributed by atoms with E-state index in [1.54, 1.807) is 17.9 Å². The van der Waals surface area contributed by atoms with Crippen LogP contribution in [0.5, 0.6) is 11.5 Å². The van der Waals surface area contributed by atoms with Crippen molar-refractivity contribution in [3.05, 3.63) is 93.2 Å². The Labute approximate surface area is 196 Å². The summed E-state index contributed by atoms with van der Waals surface area (Å²) >= 11 is 11.9. The third kappa shape index (κ3) is 4.95. The standard InChI is InChI=1S/C24H23ClN4O2S/c1-16-8-10-17(11-9-16)15-31-22-13-20(25)19(12-21(22)30-2)14-26-29-23(27-28-24(29)32)18-6-4-3-5-7-18/h3-13,26H,14-15H2,1-2H3,(H,28,32). The van der Waals surface area contributed by atoms with Crippen LogP contribution in [0.3, 0.4) is 0 Å². The van der Waals surface area contributed by atoms with Crippen LogP contribution >= 0.6 is 23.8 Å². The summed E-state index contributed by atoms with van der Waals surface area (Å²) in [6.07, 6.45) is 0. The Kier molecular flexibility index (Phi) is 6.78. The number of ether oxygens (including phenoxy) is 2. The number of hydrogen-bond donors (Lipinski definition) is 2. The van der Waals surface area contributed by atoms with Gasteiger partial charge in [-0.1, -0.05) is 71.8 Å². The van der Waals surface area contributed by atoms with Crippen molar-refractivity contribution in [2.24, 2.45) is 0 Å². The summed E-state index contributed by atoms with van der Waals surface area (Å²) in [4.78, 5) is 0. The first-order chi connectivity index (χ1) is 15.5. The third-order valence-electron chi connectivity index (χ3n) is 4.98. The van der Waals surface area contributed by atoms with Crippen LogP contribution in [0.4, 0.5) is 0 Å². The van der Waals surface area contributed by atoms with Gasteiger partial charge >= 0.3 is 0 Å². The molecule has 0 bridgehead atoms. The zero-order valence-corrected chi connectivity index (χ0v) is 19.3. The number of aryl methyl sites for hydroxylation is 1. The fraction of sp³-hybridized carbons (Fsp3) is 0.167. The van der Waals surface area contributed by atoms with Crippen molar-refractivity contribution in [3.8, 4) is 22.9 Å². The number of rotatable bonds is 8. The highest BCUT2D eigenvalue weighted by molar-refractivity contribution is 7.71. The van der Waals surface area contributed by atoms with Gasteiger partial charge in [0.25, 0.3) is 0 Å². The summed E-state index contributed by atoms with van der Waals surface area (Å²) in [5.41, 5.74) is 7.35. The molecule has 0 aliphatic rings. The molecule has 164 valence electrons. The molecule has 3 aromatic carbocycles. The smallest absolute Gasteiger partial charge is 0.214 e. The summed E-state index contributed by atoms with van der Waals surface area (Å²) in [6.45, 7) is 2.90. The molecule has 0 saturated heterocycles. The van der Waals surface area contributed by atoms with Crippen LogP contribution in [-0.4, -0.2) is 22.0 Å². The number of nitrogens with zero attached hydrogens (tertiary/aromatic N) is 2. The van der Waals surface area contributed by atoms with E-state index in [1.165, 1.54) is 5.56 Å². The van der Waals surface area contributed by atoms with Crippen molar-refractivity contribution in [1.82, 2.24) is 14.9 Å². The number of aromatic nitrogens is 3. The monoisotopic (exact) mass is 466 g/mol. The van der Waals surface area contributed by atoms with Crippen LogP contribution in [0.25, 0.3) is 11.4 Å². The molecule has 6 nitrogen and oxygen atoms in total. The number of hydrogen-bond acceptors (Lipinski definition) is 5. The van der Waals surface area contributed by atoms with Crippen LogP contribution in [0.2, 0.25) is 5.02 Å². The summed E-state index contributed by atoms with van der Waals surface area (Å²) in [7, 11) is 1.61. The van der Waals surface area contributed by atoms with Gasteiger partial charge in [0.05, 0.1) is 13.7 Å². The molecule has 4 rings (SSSR count). The Bertz CT molecular complexity index is 1250. The highest BCUT2D eigenvalue weighted by Gasteiger charge is 2.13. The first-order valence-electron chi connectivity index (χ1n) is 10.1. The number of halogens is 1. The Morgan fingerprint density at radius 3 is 2.53 bits per heavy atom. The predicted octanol–water partition coefficient (Wildman–Crippen LogP) is 5.90. The highest BCUT2D eigenvalue weighted by atomic mass is 35.5. The summed E-state index contributed by atoms with van der Waals surface area (Å²) in [5, 5.41) is 7.73. The van der Waals surface area contributed by atoms with Gasteiger partial charge in [0.15, 0.2) is 17.3 Å². The number of methoxy groups -OCH3 is 1. The maximum Gasteiger partial charge on any atom is 0.214 e. The van der Waals surface area contributed by atoms with Crippen molar-refractivity contribution < 1.29 is 9.47 Å². The zero-order chi connectivity index (χ0) is 22.5. The van der Waals surface area contributed by atoms with Gasteiger partial charge in [0, 0.05) is 16.7 Å². The molecular weight excluding hydrogens is 444 g/mol. The van der Waals surface area contributed by atoms with Gasteiger partial charge in [-0.2, -0.15) is 5.10 Å². The van der Waals surface area contributed by atoms with Gasteiger partial charge in [0.2, 0.25) is 4.77 Å². The molecule has 0 radical (unpaired) electrons. The maximum atomic E-state index is 6.56. The molecule has 0 aliphatic carbocycles. The van der Waals surface area contributed by atoms with Gasteiger partial charge in [-0.05, 0) is 36.3 Å². The lowest BCUT2D eigenvalue weighted by Gasteiger charge is -2.15. The minimum atomic E-state index is 0.418. The lowest BCUT2D eigenvalue weighted by atomic mass is 10.1. The zero-order valence-electron chi connectivity index (χ0n) is 17.8. The number of nitrogens with one attached hydrogen (secondary N) is 2. The van der Waals surface area contributed by atoms with Crippen LogP contribution in [0.15, 0.2) is 66.7 Å². The highest BCUT2D eigenvalue weighted by Crippen LogP contribution is 2.34. The second kappa shape index (κ2) is 9.89. The van der Waals surface area contributed by atoms with Gasteiger partial charge in [-0.15, -0.1) is 0 Å².